The number of urea groups is 1. The molecular weight excluding hydrogens is 316 g/mol. The van der Waals surface area contributed by atoms with Gasteiger partial charge in [0.1, 0.15) is 0 Å². The first-order chi connectivity index (χ1) is 12.1. The van der Waals surface area contributed by atoms with Crippen LogP contribution in [0.1, 0.15) is 25.7 Å². The highest BCUT2D eigenvalue weighted by Gasteiger charge is 2.36. The highest BCUT2D eigenvalue weighted by Crippen LogP contribution is 2.27. The third-order valence-electron chi connectivity index (χ3n) is 5.28. The number of nitrogens with zero attached hydrogens (tertiary/aromatic N) is 2. The van der Waals surface area contributed by atoms with Crippen LogP contribution < -0.4 is 15.5 Å². The number of hydrogen-bond acceptors (Lipinski definition) is 3. The van der Waals surface area contributed by atoms with E-state index in [2.05, 4.69) is 27.7 Å². The Morgan fingerprint density at radius 3 is 2.84 bits per heavy atom. The van der Waals surface area contributed by atoms with E-state index in [1.807, 2.05) is 30.1 Å². The molecule has 136 valence electrons. The quantitative estimate of drug-likeness (QED) is 0.856. The number of rotatable bonds is 5. The number of para-hydroxylation sites is 1. The number of likely N-dealkylation sites (N-methyl/N-ethyl adjacent to an activating group) is 1. The predicted octanol–water partition coefficient (Wildman–Crippen LogP) is 1.82. The maximum atomic E-state index is 12.7. The van der Waals surface area contributed by atoms with Crippen LogP contribution in [0.4, 0.5) is 10.5 Å². The third-order valence-corrected chi connectivity index (χ3v) is 5.28. The molecule has 25 heavy (non-hydrogen) atoms. The van der Waals surface area contributed by atoms with Crippen LogP contribution in [0.5, 0.6) is 0 Å². The number of anilines is 1. The van der Waals surface area contributed by atoms with E-state index in [-0.39, 0.29) is 23.9 Å². The minimum Gasteiger partial charge on any atom is -0.373 e. The summed E-state index contributed by atoms with van der Waals surface area (Å²) in [6.07, 6.45) is 3.72. The van der Waals surface area contributed by atoms with E-state index in [1.165, 1.54) is 0 Å². The van der Waals surface area contributed by atoms with Crippen molar-refractivity contribution in [1.82, 2.24) is 15.5 Å². The summed E-state index contributed by atoms with van der Waals surface area (Å²) >= 11 is 0. The second-order valence-electron chi connectivity index (χ2n) is 7.01. The maximum Gasteiger partial charge on any atom is 0.317 e. The Balaban J connectivity index is 1.50. The summed E-state index contributed by atoms with van der Waals surface area (Å²) in [5.74, 6) is 0.367. The zero-order valence-corrected chi connectivity index (χ0v) is 14.9. The second kappa shape index (κ2) is 8.23. The Kier molecular flexibility index (Phi) is 5.79. The molecule has 2 N–H and O–H groups in total. The highest BCUT2D eigenvalue weighted by molar-refractivity contribution is 5.79. The largest absolute Gasteiger partial charge is 0.373 e. The van der Waals surface area contributed by atoms with Gasteiger partial charge in [-0.3, -0.25) is 4.79 Å². The first-order valence-corrected chi connectivity index (χ1v) is 9.22. The number of likely N-dealkylation sites (tertiary alicyclic amines) is 1. The van der Waals surface area contributed by atoms with E-state index in [9.17, 15) is 9.59 Å². The highest BCUT2D eigenvalue weighted by atomic mass is 16.2. The minimum atomic E-state index is 0.00510. The first-order valence-electron chi connectivity index (χ1n) is 9.22. The van der Waals surface area contributed by atoms with Crippen molar-refractivity contribution in [1.29, 1.82) is 0 Å². The molecule has 2 fully saturated rings. The molecular formula is C19H28N4O2. The summed E-state index contributed by atoms with van der Waals surface area (Å²) < 4.78 is 0. The zero-order chi connectivity index (χ0) is 17.6. The normalized spacial score (nSPS) is 23.2. The van der Waals surface area contributed by atoms with E-state index in [4.69, 9.17) is 0 Å². The van der Waals surface area contributed by atoms with Gasteiger partial charge in [-0.15, -0.1) is 0 Å². The number of nitrogens with one attached hydrogen (secondary N) is 2. The Morgan fingerprint density at radius 1 is 1.32 bits per heavy atom. The lowest BCUT2D eigenvalue weighted by atomic mass is 9.90. The summed E-state index contributed by atoms with van der Waals surface area (Å²) in [6.45, 7) is 2.85. The van der Waals surface area contributed by atoms with Crippen LogP contribution in [-0.4, -0.2) is 56.1 Å². The number of hydrogen-bond donors (Lipinski definition) is 2. The Morgan fingerprint density at radius 2 is 2.12 bits per heavy atom. The standard InChI is InChI=1S/C19H28N4O2/c1-22(16-7-3-2-4-8-16)12-10-20-19(25)23-11-6-5-9-17(23)15-13-18(24)21-14-15/h2-4,7-8,15,17H,5-6,9-14H2,1H3,(H,20,25)(H,21,24)/t15-,17+/m1/s1. The molecule has 0 aromatic heterocycles. The monoisotopic (exact) mass is 344 g/mol. The fourth-order valence-electron chi connectivity index (χ4n) is 3.84. The molecule has 2 heterocycles. The van der Waals surface area contributed by atoms with Gasteiger partial charge in [0.15, 0.2) is 0 Å². The van der Waals surface area contributed by atoms with Gasteiger partial charge in [-0.2, -0.15) is 0 Å². The van der Waals surface area contributed by atoms with Crippen LogP contribution in [0.3, 0.4) is 0 Å². The maximum absolute atomic E-state index is 12.7. The molecule has 3 amide bonds. The molecule has 0 spiro atoms. The van der Waals surface area contributed by atoms with Crippen molar-refractivity contribution in [3.63, 3.8) is 0 Å². The van der Waals surface area contributed by atoms with Crippen LogP contribution in [0.2, 0.25) is 0 Å². The van der Waals surface area contributed by atoms with Crippen molar-refractivity contribution in [2.75, 3.05) is 38.1 Å². The number of carbonyl (C=O) groups is 2. The van der Waals surface area contributed by atoms with Crippen molar-refractivity contribution >= 4 is 17.6 Å². The summed E-state index contributed by atoms with van der Waals surface area (Å²) in [5, 5.41) is 5.96. The fraction of sp³-hybridized carbons (Fsp3) is 0.579. The van der Waals surface area contributed by atoms with Crippen LogP contribution in [0.15, 0.2) is 30.3 Å². The predicted molar refractivity (Wildman–Crippen MR) is 98.6 cm³/mol. The SMILES string of the molecule is CN(CCNC(=O)N1CCCC[C@H]1[C@H]1CNC(=O)C1)c1ccccc1. The molecule has 0 saturated carbocycles. The van der Waals surface area contributed by atoms with E-state index in [1.54, 1.807) is 0 Å². The minimum absolute atomic E-state index is 0.00510. The van der Waals surface area contributed by atoms with Crippen molar-refractivity contribution < 1.29 is 9.59 Å². The molecule has 0 radical (unpaired) electrons. The summed E-state index contributed by atoms with van der Waals surface area (Å²) in [6, 6.07) is 10.3. The lowest BCUT2D eigenvalue weighted by molar-refractivity contribution is -0.119. The lowest BCUT2D eigenvalue weighted by Gasteiger charge is -2.38. The fourth-order valence-corrected chi connectivity index (χ4v) is 3.84. The molecule has 1 aromatic rings. The van der Waals surface area contributed by atoms with Crippen LogP contribution >= 0.6 is 0 Å². The molecule has 2 aliphatic heterocycles. The van der Waals surface area contributed by atoms with E-state index >= 15 is 0 Å². The van der Waals surface area contributed by atoms with Gasteiger partial charge in [0.05, 0.1) is 0 Å². The molecule has 0 unspecified atom stereocenters. The lowest BCUT2D eigenvalue weighted by Crippen LogP contribution is -2.52. The molecule has 0 bridgehead atoms. The van der Waals surface area contributed by atoms with Gasteiger partial charge >= 0.3 is 6.03 Å². The van der Waals surface area contributed by atoms with Crippen molar-refractivity contribution in [3.05, 3.63) is 30.3 Å². The molecule has 2 atom stereocenters. The zero-order valence-electron chi connectivity index (χ0n) is 14.9. The van der Waals surface area contributed by atoms with Gasteiger partial charge in [-0.05, 0) is 31.4 Å². The van der Waals surface area contributed by atoms with Crippen LogP contribution in [0.25, 0.3) is 0 Å². The second-order valence-corrected chi connectivity index (χ2v) is 7.01. The van der Waals surface area contributed by atoms with Crippen molar-refractivity contribution in [3.8, 4) is 0 Å². The molecule has 6 heteroatoms. The average Bonchev–Trinajstić information content (AvgIpc) is 3.08. The topological polar surface area (TPSA) is 64.7 Å². The van der Waals surface area contributed by atoms with E-state index in [0.29, 0.717) is 19.5 Å². The molecule has 0 aliphatic carbocycles. The summed E-state index contributed by atoms with van der Waals surface area (Å²) in [4.78, 5) is 28.3. The van der Waals surface area contributed by atoms with E-state index < -0.39 is 0 Å². The van der Waals surface area contributed by atoms with Gasteiger partial charge < -0.3 is 20.4 Å². The Labute approximate surface area is 149 Å². The van der Waals surface area contributed by atoms with Crippen LogP contribution in [0, 0.1) is 5.92 Å². The Hall–Kier alpha value is -2.24. The van der Waals surface area contributed by atoms with Crippen molar-refractivity contribution in [2.24, 2.45) is 5.92 Å². The molecule has 2 saturated heterocycles. The Bertz CT molecular complexity index is 592. The van der Waals surface area contributed by atoms with Gasteiger partial charge in [0.2, 0.25) is 5.91 Å². The number of piperidine rings is 1. The van der Waals surface area contributed by atoms with E-state index in [0.717, 1.165) is 38.0 Å². The molecule has 6 nitrogen and oxygen atoms in total. The summed E-state index contributed by atoms with van der Waals surface area (Å²) in [7, 11) is 2.03. The number of benzene rings is 1. The molecule has 3 rings (SSSR count). The van der Waals surface area contributed by atoms with Crippen molar-refractivity contribution in [2.45, 2.75) is 31.7 Å². The average molecular weight is 344 g/mol. The smallest absolute Gasteiger partial charge is 0.317 e. The summed E-state index contributed by atoms with van der Waals surface area (Å²) in [5.41, 5.74) is 1.14. The number of carbonyl (C=O) groups excluding carboxylic acids is 2. The third kappa shape index (κ3) is 4.44. The molecule has 2 aliphatic rings. The van der Waals surface area contributed by atoms with Gasteiger partial charge in [-0.1, -0.05) is 18.2 Å². The van der Waals surface area contributed by atoms with Gasteiger partial charge in [-0.25, -0.2) is 4.79 Å². The first kappa shape index (κ1) is 17.6. The molecule has 1 aromatic carbocycles. The van der Waals surface area contributed by atoms with Gasteiger partial charge in [0, 0.05) is 57.3 Å². The number of amides is 3. The van der Waals surface area contributed by atoms with Gasteiger partial charge in [0.25, 0.3) is 0 Å². The van der Waals surface area contributed by atoms with Crippen LogP contribution in [-0.2, 0) is 4.79 Å².